The first-order valence-corrected chi connectivity index (χ1v) is 7.65. The predicted molar refractivity (Wildman–Crippen MR) is 86.2 cm³/mol. The number of nitrogens with one attached hydrogen (secondary N) is 2. The Morgan fingerprint density at radius 2 is 2.04 bits per heavy atom. The van der Waals surface area contributed by atoms with Crippen molar-refractivity contribution in [2.75, 3.05) is 18.9 Å². The second kappa shape index (κ2) is 7.65. The first kappa shape index (κ1) is 16.8. The largest absolute Gasteiger partial charge is 0.394 e. The van der Waals surface area contributed by atoms with Crippen LogP contribution in [0.4, 0.5) is 5.82 Å². The highest BCUT2D eigenvalue weighted by Crippen LogP contribution is 2.14. The fourth-order valence-electron chi connectivity index (χ4n) is 1.80. The van der Waals surface area contributed by atoms with Crippen LogP contribution in [0.25, 0.3) is 0 Å². The monoisotopic (exact) mass is 335 g/mol. The average molecular weight is 335 g/mol. The van der Waals surface area contributed by atoms with Gasteiger partial charge < -0.3 is 21.5 Å². The van der Waals surface area contributed by atoms with E-state index in [9.17, 15) is 14.7 Å². The summed E-state index contributed by atoms with van der Waals surface area (Å²) in [5.74, 6) is -0.797. The van der Waals surface area contributed by atoms with Gasteiger partial charge in [-0.15, -0.1) is 11.3 Å². The first-order chi connectivity index (χ1) is 11.0. The van der Waals surface area contributed by atoms with E-state index in [1.165, 1.54) is 23.7 Å². The van der Waals surface area contributed by atoms with Crippen LogP contribution in [0.3, 0.4) is 0 Å². The van der Waals surface area contributed by atoms with E-state index in [1.807, 2.05) is 13.0 Å². The van der Waals surface area contributed by atoms with Gasteiger partial charge in [0.15, 0.2) is 11.5 Å². The van der Waals surface area contributed by atoms with E-state index in [4.69, 9.17) is 5.73 Å². The van der Waals surface area contributed by atoms with E-state index < -0.39 is 11.9 Å². The van der Waals surface area contributed by atoms with Gasteiger partial charge in [-0.1, -0.05) is 0 Å². The van der Waals surface area contributed by atoms with Crippen molar-refractivity contribution in [3.05, 3.63) is 40.0 Å². The number of anilines is 1. The van der Waals surface area contributed by atoms with Crippen molar-refractivity contribution in [2.24, 2.45) is 0 Å². The van der Waals surface area contributed by atoms with Crippen molar-refractivity contribution in [3.63, 3.8) is 0 Å². The van der Waals surface area contributed by atoms with Crippen molar-refractivity contribution in [3.8, 4) is 0 Å². The maximum Gasteiger partial charge on any atom is 0.273 e. The number of nitrogens with two attached hydrogens (primary N) is 1. The third-order valence-electron chi connectivity index (χ3n) is 2.97. The molecule has 0 spiro atoms. The molecule has 2 heterocycles. The number of hydrogen-bond acceptors (Lipinski definition) is 7. The van der Waals surface area contributed by atoms with Gasteiger partial charge in [0.05, 0.1) is 17.5 Å². The summed E-state index contributed by atoms with van der Waals surface area (Å²) in [5, 5.41) is 14.6. The van der Waals surface area contributed by atoms with Crippen molar-refractivity contribution < 1.29 is 14.7 Å². The minimum Gasteiger partial charge on any atom is -0.394 e. The summed E-state index contributed by atoms with van der Waals surface area (Å²) in [4.78, 5) is 33.2. The van der Waals surface area contributed by atoms with Gasteiger partial charge in [0.25, 0.3) is 11.8 Å². The number of nitrogens with zero attached hydrogens (tertiary/aromatic N) is 2. The molecule has 9 heteroatoms. The van der Waals surface area contributed by atoms with Gasteiger partial charge in [-0.25, -0.2) is 9.97 Å². The molecule has 2 aromatic rings. The third-order valence-corrected chi connectivity index (χ3v) is 3.97. The van der Waals surface area contributed by atoms with Crippen LogP contribution in [0.1, 0.15) is 25.0 Å². The number of amides is 2. The lowest BCUT2D eigenvalue weighted by molar-refractivity contribution is 0.0888. The molecule has 8 nitrogen and oxygen atoms in total. The molecule has 2 aromatic heterocycles. The van der Waals surface area contributed by atoms with E-state index in [-0.39, 0.29) is 30.6 Å². The first-order valence-electron chi connectivity index (χ1n) is 6.84. The zero-order valence-electron chi connectivity index (χ0n) is 12.4. The number of rotatable bonds is 6. The predicted octanol–water partition coefficient (Wildman–Crippen LogP) is -0.0506. The summed E-state index contributed by atoms with van der Waals surface area (Å²) in [6, 6.07) is 2.93. The molecule has 2 amide bonds. The quantitative estimate of drug-likeness (QED) is 0.585. The highest BCUT2D eigenvalue weighted by Gasteiger charge is 2.17. The van der Waals surface area contributed by atoms with Crippen LogP contribution in [0.2, 0.25) is 0 Å². The normalized spacial score (nSPS) is 11.7. The van der Waals surface area contributed by atoms with Gasteiger partial charge >= 0.3 is 0 Å². The molecule has 2 rings (SSSR count). The molecule has 0 aliphatic carbocycles. The van der Waals surface area contributed by atoms with Crippen molar-refractivity contribution in [2.45, 2.75) is 13.0 Å². The van der Waals surface area contributed by atoms with E-state index >= 15 is 0 Å². The van der Waals surface area contributed by atoms with Gasteiger partial charge in [-0.2, -0.15) is 0 Å². The van der Waals surface area contributed by atoms with Crippen LogP contribution < -0.4 is 16.4 Å². The summed E-state index contributed by atoms with van der Waals surface area (Å²) in [7, 11) is 0. The van der Waals surface area contributed by atoms with Crippen LogP contribution in [-0.2, 0) is 0 Å². The lowest BCUT2D eigenvalue weighted by Crippen LogP contribution is -2.45. The number of carbonyl (C=O) groups is 2. The summed E-state index contributed by atoms with van der Waals surface area (Å²) in [6.45, 7) is 1.63. The molecule has 0 saturated carbocycles. The molecule has 0 fully saturated rings. The van der Waals surface area contributed by atoms with Gasteiger partial charge in [0, 0.05) is 23.8 Å². The van der Waals surface area contributed by atoms with Gasteiger partial charge in [0.2, 0.25) is 0 Å². The number of thiophene rings is 1. The van der Waals surface area contributed by atoms with Crippen LogP contribution in [0.15, 0.2) is 24.5 Å². The van der Waals surface area contributed by atoms with E-state index in [0.717, 1.165) is 4.88 Å². The fourth-order valence-corrected chi connectivity index (χ4v) is 2.57. The van der Waals surface area contributed by atoms with Crippen LogP contribution in [-0.4, -0.2) is 46.1 Å². The molecular formula is C14H17N5O3S. The van der Waals surface area contributed by atoms with Gasteiger partial charge in [-0.3, -0.25) is 9.59 Å². The zero-order chi connectivity index (χ0) is 16.8. The van der Waals surface area contributed by atoms with Crippen LogP contribution in [0.5, 0.6) is 0 Å². The number of nitrogen functional groups attached to an aromatic ring is 1. The Bertz CT molecular complexity index is 703. The summed E-state index contributed by atoms with van der Waals surface area (Å²) in [6.07, 6.45) is 2.74. The molecule has 0 saturated heterocycles. The van der Waals surface area contributed by atoms with E-state index in [2.05, 4.69) is 20.6 Å². The molecule has 23 heavy (non-hydrogen) atoms. The summed E-state index contributed by atoms with van der Waals surface area (Å²) in [5.41, 5.74) is 5.57. The Morgan fingerprint density at radius 1 is 1.30 bits per heavy atom. The Morgan fingerprint density at radius 3 is 2.65 bits per heavy atom. The molecule has 122 valence electrons. The topological polar surface area (TPSA) is 130 Å². The lowest BCUT2D eigenvalue weighted by Gasteiger charge is -2.16. The second-order valence-corrected chi connectivity index (χ2v) is 6.05. The average Bonchev–Trinajstić information content (AvgIpc) is 2.98. The van der Waals surface area contributed by atoms with E-state index in [1.54, 1.807) is 6.07 Å². The smallest absolute Gasteiger partial charge is 0.273 e. The van der Waals surface area contributed by atoms with Gasteiger partial charge in [-0.05, 0) is 19.1 Å². The van der Waals surface area contributed by atoms with Crippen LogP contribution in [0, 0.1) is 6.92 Å². The van der Waals surface area contributed by atoms with Crippen LogP contribution >= 0.6 is 11.3 Å². The number of aromatic nitrogens is 2. The van der Waals surface area contributed by atoms with Crippen molar-refractivity contribution in [1.29, 1.82) is 0 Å². The molecule has 0 aliphatic rings. The Balaban J connectivity index is 1.91. The summed E-state index contributed by atoms with van der Waals surface area (Å²) < 4.78 is 0. The van der Waals surface area contributed by atoms with E-state index in [0.29, 0.717) is 4.88 Å². The molecule has 0 bridgehead atoms. The molecule has 1 atom stereocenters. The maximum atomic E-state index is 12.0. The van der Waals surface area contributed by atoms with Crippen molar-refractivity contribution >= 4 is 29.0 Å². The Kier molecular flexibility index (Phi) is 5.61. The van der Waals surface area contributed by atoms with Crippen molar-refractivity contribution in [1.82, 2.24) is 20.6 Å². The highest BCUT2D eigenvalue weighted by molar-refractivity contribution is 7.13. The Labute approximate surface area is 136 Å². The third kappa shape index (κ3) is 4.47. The SMILES string of the molecule is Cc1ccc(C(=O)N[C@H](CO)CNC(=O)c2nccnc2N)s1. The minimum atomic E-state index is -0.619. The minimum absolute atomic E-state index is 0.00407. The van der Waals surface area contributed by atoms with Gasteiger partial charge in [0.1, 0.15) is 0 Å². The highest BCUT2D eigenvalue weighted by atomic mass is 32.1. The molecule has 0 aliphatic heterocycles. The Hall–Kier alpha value is -2.52. The molecular weight excluding hydrogens is 318 g/mol. The number of carbonyl (C=O) groups excluding carboxylic acids is 2. The number of aliphatic hydroxyl groups excluding tert-OH is 1. The number of aliphatic hydroxyl groups is 1. The maximum absolute atomic E-state index is 12.0. The lowest BCUT2D eigenvalue weighted by atomic mass is 10.2. The number of aryl methyl sites for hydroxylation is 1. The molecule has 5 N–H and O–H groups in total. The summed E-state index contributed by atoms with van der Waals surface area (Å²) >= 11 is 1.36. The standard InChI is InChI=1S/C14H17N5O3S/c1-8-2-3-10(23-8)13(21)19-9(7-20)6-18-14(22)11-12(15)17-5-4-16-11/h2-5,9,20H,6-7H2,1H3,(H2,15,17)(H,18,22)(H,19,21)/t9-/m0/s1. The fraction of sp³-hybridized carbons (Fsp3) is 0.286. The number of hydrogen-bond donors (Lipinski definition) is 4. The zero-order valence-corrected chi connectivity index (χ0v) is 13.3. The molecule has 0 aromatic carbocycles. The molecule has 0 radical (unpaired) electrons. The second-order valence-electron chi connectivity index (χ2n) is 4.76. The molecule has 0 unspecified atom stereocenters.